The summed E-state index contributed by atoms with van der Waals surface area (Å²) in [6, 6.07) is 8.30. The molecule has 0 bridgehead atoms. The fourth-order valence-electron chi connectivity index (χ4n) is 2.90. The number of rotatable bonds is 5. The van der Waals surface area contributed by atoms with Gasteiger partial charge in [0.2, 0.25) is 5.91 Å². The SMILES string of the molecule is Cc1ccccc1CCNC(=O)CN1C[C@H](C)O[C@@H](C)C1. The van der Waals surface area contributed by atoms with Gasteiger partial charge in [-0.15, -0.1) is 0 Å². The second kappa shape index (κ2) is 7.57. The summed E-state index contributed by atoms with van der Waals surface area (Å²) in [5.41, 5.74) is 2.58. The molecule has 0 unspecified atom stereocenters. The van der Waals surface area contributed by atoms with Gasteiger partial charge in [0.25, 0.3) is 0 Å². The van der Waals surface area contributed by atoms with Crippen LogP contribution in [-0.4, -0.2) is 49.2 Å². The van der Waals surface area contributed by atoms with Crippen molar-refractivity contribution in [3.8, 4) is 0 Å². The minimum absolute atomic E-state index is 0.102. The molecular formula is C17H26N2O2. The lowest BCUT2D eigenvalue weighted by atomic mass is 10.1. The molecule has 0 aromatic heterocycles. The van der Waals surface area contributed by atoms with Gasteiger partial charge in [-0.05, 0) is 38.3 Å². The number of ether oxygens (including phenoxy) is 1. The average Bonchev–Trinajstić information content (AvgIpc) is 2.39. The van der Waals surface area contributed by atoms with Crippen LogP contribution < -0.4 is 5.32 Å². The highest BCUT2D eigenvalue weighted by atomic mass is 16.5. The van der Waals surface area contributed by atoms with Crippen molar-refractivity contribution in [1.29, 1.82) is 0 Å². The largest absolute Gasteiger partial charge is 0.373 e. The summed E-state index contributed by atoms with van der Waals surface area (Å²) in [7, 11) is 0. The molecule has 0 spiro atoms. The summed E-state index contributed by atoms with van der Waals surface area (Å²) in [5, 5.41) is 3.01. The van der Waals surface area contributed by atoms with Gasteiger partial charge in [-0.1, -0.05) is 24.3 Å². The van der Waals surface area contributed by atoms with Gasteiger partial charge in [0, 0.05) is 19.6 Å². The Morgan fingerprint density at radius 2 is 1.95 bits per heavy atom. The Hall–Kier alpha value is -1.39. The lowest BCUT2D eigenvalue weighted by molar-refractivity contribution is -0.125. The second-order valence-corrected chi connectivity index (χ2v) is 5.98. The molecule has 0 saturated carbocycles. The van der Waals surface area contributed by atoms with E-state index in [0.717, 1.165) is 19.5 Å². The molecule has 1 saturated heterocycles. The molecular weight excluding hydrogens is 264 g/mol. The molecule has 4 nitrogen and oxygen atoms in total. The van der Waals surface area contributed by atoms with E-state index in [4.69, 9.17) is 4.74 Å². The van der Waals surface area contributed by atoms with Crippen LogP contribution in [-0.2, 0) is 16.0 Å². The van der Waals surface area contributed by atoms with Crippen molar-refractivity contribution in [2.24, 2.45) is 0 Å². The molecule has 1 aliphatic rings. The predicted octanol–water partition coefficient (Wildman–Crippen LogP) is 1.76. The van der Waals surface area contributed by atoms with Gasteiger partial charge in [0.05, 0.1) is 18.8 Å². The van der Waals surface area contributed by atoms with Crippen molar-refractivity contribution >= 4 is 5.91 Å². The normalized spacial score (nSPS) is 23.0. The summed E-state index contributed by atoms with van der Waals surface area (Å²) < 4.78 is 5.68. The molecule has 2 rings (SSSR count). The third-order valence-electron chi connectivity index (χ3n) is 3.84. The molecule has 116 valence electrons. The average molecular weight is 290 g/mol. The summed E-state index contributed by atoms with van der Waals surface area (Å²) >= 11 is 0. The highest BCUT2D eigenvalue weighted by Crippen LogP contribution is 2.10. The maximum Gasteiger partial charge on any atom is 0.234 e. The standard InChI is InChI=1S/C17H26N2O2/c1-13-6-4-5-7-16(13)8-9-18-17(20)12-19-10-14(2)21-15(3)11-19/h4-7,14-15H,8-12H2,1-3H3,(H,18,20)/t14-,15-/m0/s1. The first kappa shape index (κ1) is 16.0. The van der Waals surface area contributed by atoms with Gasteiger partial charge in [0.1, 0.15) is 0 Å². The zero-order chi connectivity index (χ0) is 15.2. The number of aryl methyl sites for hydroxylation is 1. The van der Waals surface area contributed by atoms with Gasteiger partial charge in [-0.3, -0.25) is 9.69 Å². The van der Waals surface area contributed by atoms with E-state index in [2.05, 4.69) is 43.1 Å². The molecule has 1 aliphatic heterocycles. The van der Waals surface area contributed by atoms with Crippen LogP contribution >= 0.6 is 0 Å². The highest BCUT2D eigenvalue weighted by molar-refractivity contribution is 5.78. The minimum Gasteiger partial charge on any atom is -0.373 e. The summed E-state index contributed by atoms with van der Waals surface area (Å²) in [4.78, 5) is 14.2. The number of morpholine rings is 1. The lowest BCUT2D eigenvalue weighted by Gasteiger charge is -2.34. The number of nitrogens with zero attached hydrogens (tertiary/aromatic N) is 1. The van der Waals surface area contributed by atoms with E-state index >= 15 is 0 Å². The fourth-order valence-corrected chi connectivity index (χ4v) is 2.90. The maximum atomic E-state index is 12.0. The topological polar surface area (TPSA) is 41.6 Å². The number of hydrogen-bond acceptors (Lipinski definition) is 3. The monoisotopic (exact) mass is 290 g/mol. The molecule has 21 heavy (non-hydrogen) atoms. The molecule has 1 heterocycles. The third kappa shape index (κ3) is 5.14. The van der Waals surface area contributed by atoms with E-state index in [1.54, 1.807) is 0 Å². The number of benzene rings is 1. The zero-order valence-electron chi connectivity index (χ0n) is 13.3. The molecule has 1 fully saturated rings. The first-order chi connectivity index (χ1) is 10.0. The third-order valence-corrected chi connectivity index (χ3v) is 3.84. The Kier molecular flexibility index (Phi) is 5.76. The van der Waals surface area contributed by atoms with Gasteiger partial charge in [-0.25, -0.2) is 0 Å². The van der Waals surface area contributed by atoms with Crippen molar-refractivity contribution in [3.05, 3.63) is 35.4 Å². The van der Waals surface area contributed by atoms with Gasteiger partial charge in [-0.2, -0.15) is 0 Å². The Balaban J connectivity index is 1.71. The predicted molar refractivity (Wildman–Crippen MR) is 84.3 cm³/mol. The summed E-state index contributed by atoms with van der Waals surface area (Å²) in [6.07, 6.45) is 1.29. The van der Waals surface area contributed by atoms with Crippen LogP contribution in [0.25, 0.3) is 0 Å². The quantitative estimate of drug-likeness (QED) is 0.898. The van der Waals surface area contributed by atoms with E-state index in [-0.39, 0.29) is 18.1 Å². The first-order valence-corrected chi connectivity index (χ1v) is 7.73. The summed E-state index contributed by atoms with van der Waals surface area (Å²) in [6.45, 7) is 9.03. The van der Waals surface area contributed by atoms with Crippen LogP contribution in [0.3, 0.4) is 0 Å². The number of amides is 1. The minimum atomic E-state index is 0.102. The van der Waals surface area contributed by atoms with E-state index in [0.29, 0.717) is 13.1 Å². The van der Waals surface area contributed by atoms with Crippen LogP contribution in [0.4, 0.5) is 0 Å². The van der Waals surface area contributed by atoms with E-state index in [1.807, 2.05) is 12.1 Å². The van der Waals surface area contributed by atoms with Crippen LogP contribution in [0.5, 0.6) is 0 Å². The van der Waals surface area contributed by atoms with Crippen molar-refractivity contribution in [3.63, 3.8) is 0 Å². The first-order valence-electron chi connectivity index (χ1n) is 7.73. The Labute approximate surface area is 127 Å². The Morgan fingerprint density at radius 1 is 1.29 bits per heavy atom. The molecule has 1 aromatic rings. The molecule has 0 radical (unpaired) electrons. The Bertz CT molecular complexity index is 466. The van der Waals surface area contributed by atoms with Crippen molar-refractivity contribution < 1.29 is 9.53 Å². The molecule has 0 aliphatic carbocycles. The van der Waals surface area contributed by atoms with Crippen LogP contribution in [0.2, 0.25) is 0 Å². The van der Waals surface area contributed by atoms with Crippen LogP contribution in [0.1, 0.15) is 25.0 Å². The smallest absolute Gasteiger partial charge is 0.234 e. The lowest BCUT2D eigenvalue weighted by Crippen LogP contribution is -2.49. The van der Waals surface area contributed by atoms with Crippen molar-refractivity contribution in [2.45, 2.75) is 39.4 Å². The van der Waals surface area contributed by atoms with E-state index in [1.165, 1.54) is 11.1 Å². The zero-order valence-corrected chi connectivity index (χ0v) is 13.3. The Morgan fingerprint density at radius 3 is 2.62 bits per heavy atom. The molecule has 4 heteroatoms. The van der Waals surface area contributed by atoms with Gasteiger partial charge in [0.15, 0.2) is 0 Å². The summed E-state index contributed by atoms with van der Waals surface area (Å²) in [5.74, 6) is 0.102. The number of nitrogens with one attached hydrogen (secondary N) is 1. The number of carbonyl (C=O) groups excluding carboxylic acids is 1. The van der Waals surface area contributed by atoms with E-state index in [9.17, 15) is 4.79 Å². The van der Waals surface area contributed by atoms with Gasteiger partial charge >= 0.3 is 0 Å². The van der Waals surface area contributed by atoms with E-state index < -0.39 is 0 Å². The number of hydrogen-bond donors (Lipinski definition) is 1. The fraction of sp³-hybridized carbons (Fsp3) is 0.588. The van der Waals surface area contributed by atoms with Crippen molar-refractivity contribution in [1.82, 2.24) is 10.2 Å². The maximum absolute atomic E-state index is 12.0. The van der Waals surface area contributed by atoms with Crippen molar-refractivity contribution in [2.75, 3.05) is 26.2 Å². The van der Waals surface area contributed by atoms with Crippen LogP contribution in [0, 0.1) is 6.92 Å². The molecule has 1 N–H and O–H groups in total. The van der Waals surface area contributed by atoms with Crippen LogP contribution in [0.15, 0.2) is 24.3 Å². The van der Waals surface area contributed by atoms with Gasteiger partial charge < -0.3 is 10.1 Å². The highest BCUT2D eigenvalue weighted by Gasteiger charge is 2.23. The number of carbonyl (C=O) groups is 1. The molecule has 1 aromatic carbocycles. The second-order valence-electron chi connectivity index (χ2n) is 5.98. The molecule has 2 atom stereocenters. The molecule has 1 amide bonds.